The maximum Gasteiger partial charge on any atom is 0.416 e. The molecule has 122 valence electrons. The van der Waals surface area contributed by atoms with Crippen molar-refractivity contribution in [2.75, 3.05) is 5.32 Å². The molecule has 1 amide bonds. The summed E-state index contributed by atoms with van der Waals surface area (Å²) in [5.74, 6) is -1.17. The Morgan fingerprint density at radius 3 is 2.39 bits per heavy atom. The molecule has 2 rings (SSSR count). The summed E-state index contributed by atoms with van der Waals surface area (Å²) in [6.45, 7) is 3.87. The Morgan fingerprint density at radius 1 is 1.13 bits per heavy atom. The highest BCUT2D eigenvalue weighted by Crippen LogP contribution is 2.33. The van der Waals surface area contributed by atoms with Crippen molar-refractivity contribution in [3.63, 3.8) is 0 Å². The van der Waals surface area contributed by atoms with E-state index in [2.05, 4.69) is 5.32 Å². The number of hydrogen-bond donors (Lipinski definition) is 2. The molecule has 2 N–H and O–H groups in total. The van der Waals surface area contributed by atoms with Crippen LogP contribution in [0.1, 0.15) is 41.3 Å². The maximum absolute atomic E-state index is 12.7. The number of halogens is 3. The van der Waals surface area contributed by atoms with Gasteiger partial charge < -0.3 is 10.4 Å². The summed E-state index contributed by atoms with van der Waals surface area (Å²) >= 11 is 0. The van der Waals surface area contributed by atoms with Crippen LogP contribution in [0.2, 0.25) is 0 Å². The second-order valence-electron chi connectivity index (χ2n) is 5.43. The first kappa shape index (κ1) is 16.9. The topological polar surface area (TPSA) is 49.3 Å². The molecule has 0 unspecified atom stereocenters. The van der Waals surface area contributed by atoms with Gasteiger partial charge >= 0.3 is 6.18 Å². The monoisotopic (exact) mass is 323 g/mol. The zero-order valence-corrected chi connectivity index (χ0v) is 12.6. The minimum absolute atomic E-state index is 0.126. The SMILES string of the molecule is CC(C)c1ccccc1NC(=O)c1cc(C(F)(F)F)ccc1O. The first-order chi connectivity index (χ1) is 10.7. The van der Waals surface area contributed by atoms with E-state index < -0.39 is 29.0 Å². The van der Waals surface area contributed by atoms with E-state index in [1.165, 1.54) is 0 Å². The van der Waals surface area contributed by atoms with Gasteiger partial charge in [-0.1, -0.05) is 32.0 Å². The first-order valence-electron chi connectivity index (χ1n) is 7.00. The number of alkyl halides is 3. The van der Waals surface area contributed by atoms with Crippen LogP contribution >= 0.6 is 0 Å². The highest BCUT2D eigenvalue weighted by Gasteiger charge is 2.31. The van der Waals surface area contributed by atoms with Crippen molar-refractivity contribution in [1.82, 2.24) is 0 Å². The van der Waals surface area contributed by atoms with Gasteiger partial charge in [-0.2, -0.15) is 13.2 Å². The normalized spacial score (nSPS) is 11.6. The number of phenolic OH excluding ortho intramolecular Hbond substituents is 1. The van der Waals surface area contributed by atoms with Crippen molar-refractivity contribution in [1.29, 1.82) is 0 Å². The minimum atomic E-state index is -4.58. The Labute approximate surface area is 131 Å². The lowest BCUT2D eigenvalue weighted by atomic mass is 10.0. The van der Waals surface area contributed by atoms with E-state index in [4.69, 9.17) is 0 Å². The lowest BCUT2D eigenvalue weighted by molar-refractivity contribution is -0.137. The number of aromatic hydroxyl groups is 1. The number of rotatable bonds is 3. The fourth-order valence-corrected chi connectivity index (χ4v) is 2.20. The van der Waals surface area contributed by atoms with E-state index in [0.717, 1.165) is 17.7 Å². The van der Waals surface area contributed by atoms with Crippen LogP contribution in [0.3, 0.4) is 0 Å². The molecule has 0 saturated heterocycles. The van der Waals surface area contributed by atoms with Crippen molar-refractivity contribution >= 4 is 11.6 Å². The van der Waals surface area contributed by atoms with Crippen LogP contribution in [0, 0.1) is 0 Å². The first-order valence-corrected chi connectivity index (χ1v) is 7.00. The molecule has 0 saturated carbocycles. The molecule has 0 aliphatic carbocycles. The Hall–Kier alpha value is -2.50. The van der Waals surface area contributed by atoms with Gasteiger partial charge in [-0.25, -0.2) is 0 Å². The number of anilines is 1. The van der Waals surface area contributed by atoms with Crippen LogP contribution < -0.4 is 5.32 Å². The van der Waals surface area contributed by atoms with E-state index in [1.807, 2.05) is 26.0 Å². The van der Waals surface area contributed by atoms with Gasteiger partial charge in [0.25, 0.3) is 5.91 Å². The minimum Gasteiger partial charge on any atom is -0.507 e. The molecular formula is C17H16F3NO2. The van der Waals surface area contributed by atoms with E-state index in [-0.39, 0.29) is 5.92 Å². The number of para-hydroxylation sites is 1. The van der Waals surface area contributed by atoms with Gasteiger partial charge in [-0.05, 0) is 35.7 Å². The van der Waals surface area contributed by atoms with Crippen molar-refractivity contribution in [3.05, 3.63) is 59.2 Å². The second-order valence-corrected chi connectivity index (χ2v) is 5.43. The molecule has 0 aromatic heterocycles. The third-order valence-corrected chi connectivity index (χ3v) is 3.40. The third-order valence-electron chi connectivity index (χ3n) is 3.40. The number of carbonyl (C=O) groups is 1. The fourth-order valence-electron chi connectivity index (χ4n) is 2.20. The molecule has 0 spiro atoms. The van der Waals surface area contributed by atoms with Crippen molar-refractivity contribution < 1.29 is 23.1 Å². The fraction of sp³-hybridized carbons (Fsp3) is 0.235. The van der Waals surface area contributed by atoms with Crippen LogP contribution in [0.25, 0.3) is 0 Å². The highest BCUT2D eigenvalue weighted by atomic mass is 19.4. The molecule has 2 aromatic rings. The summed E-state index contributed by atoms with van der Waals surface area (Å²) in [6, 6.07) is 9.26. The molecular weight excluding hydrogens is 307 g/mol. The van der Waals surface area contributed by atoms with E-state index >= 15 is 0 Å². The van der Waals surface area contributed by atoms with E-state index in [1.54, 1.807) is 12.1 Å². The summed E-state index contributed by atoms with van der Waals surface area (Å²) in [5, 5.41) is 12.3. The van der Waals surface area contributed by atoms with E-state index in [9.17, 15) is 23.1 Å². The Balaban J connectivity index is 2.35. The molecule has 0 aliphatic rings. The van der Waals surface area contributed by atoms with Gasteiger partial charge in [-0.3, -0.25) is 4.79 Å². The zero-order valence-electron chi connectivity index (χ0n) is 12.6. The number of carbonyl (C=O) groups excluding carboxylic acids is 1. The van der Waals surface area contributed by atoms with Gasteiger partial charge in [0, 0.05) is 5.69 Å². The third kappa shape index (κ3) is 3.83. The number of hydrogen-bond acceptors (Lipinski definition) is 2. The predicted molar refractivity (Wildman–Crippen MR) is 81.6 cm³/mol. The molecule has 0 bridgehead atoms. The summed E-state index contributed by atoms with van der Waals surface area (Å²) < 4.78 is 38.2. The summed E-state index contributed by atoms with van der Waals surface area (Å²) in [5.41, 5.74) is -0.0485. The largest absolute Gasteiger partial charge is 0.507 e. The molecule has 0 atom stereocenters. The van der Waals surface area contributed by atoms with Gasteiger partial charge in [0.15, 0.2) is 0 Å². The average Bonchev–Trinajstić information content (AvgIpc) is 2.46. The number of benzene rings is 2. The zero-order chi connectivity index (χ0) is 17.2. The predicted octanol–water partition coefficient (Wildman–Crippen LogP) is 4.79. The van der Waals surface area contributed by atoms with Crippen LogP contribution in [-0.4, -0.2) is 11.0 Å². The lowest BCUT2D eigenvalue weighted by Crippen LogP contribution is -2.15. The van der Waals surface area contributed by atoms with Gasteiger partial charge in [0.2, 0.25) is 0 Å². The quantitative estimate of drug-likeness (QED) is 0.853. The van der Waals surface area contributed by atoms with Crippen molar-refractivity contribution in [2.24, 2.45) is 0 Å². The number of nitrogens with one attached hydrogen (secondary N) is 1. The molecule has 6 heteroatoms. The van der Waals surface area contributed by atoms with Crippen LogP contribution in [0.15, 0.2) is 42.5 Å². The van der Waals surface area contributed by atoms with Gasteiger partial charge in [0.1, 0.15) is 5.75 Å². The lowest BCUT2D eigenvalue weighted by Gasteiger charge is -2.15. The molecule has 0 heterocycles. The van der Waals surface area contributed by atoms with Gasteiger partial charge in [-0.15, -0.1) is 0 Å². The van der Waals surface area contributed by atoms with Crippen LogP contribution in [0.5, 0.6) is 5.75 Å². The number of amides is 1. The van der Waals surface area contributed by atoms with E-state index in [0.29, 0.717) is 11.8 Å². The number of phenols is 1. The smallest absolute Gasteiger partial charge is 0.416 e. The molecule has 0 radical (unpaired) electrons. The van der Waals surface area contributed by atoms with Crippen LogP contribution in [0.4, 0.5) is 18.9 Å². The molecule has 23 heavy (non-hydrogen) atoms. The molecule has 0 fully saturated rings. The summed E-state index contributed by atoms with van der Waals surface area (Å²) in [6.07, 6.45) is -4.58. The van der Waals surface area contributed by atoms with Crippen molar-refractivity contribution in [2.45, 2.75) is 25.9 Å². The average molecular weight is 323 g/mol. The molecule has 2 aromatic carbocycles. The Bertz CT molecular complexity index is 724. The molecule has 0 aliphatic heterocycles. The summed E-state index contributed by atoms with van der Waals surface area (Å²) in [7, 11) is 0. The highest BCUT2D eigenvalue weighted by molar-refractivity contribution is 6.06. The molecule has 3 nitrogen and oxygen atoms in total. The van der Waals surface area contributed by atoms with Gasteiger partial charge in [0.05, 0.1) is 11.1 Å². The maximum atomic E-state index is 12.7. The van der Waals surface area contributed by atoms with Crippen molar-refractivity contribution in [3.8, 4) is 5.75 Å². The Kier molecular flexibility index (Phi) is 4.63. The van der Waals surface area contributed by atoms with Crippen LogP contribution in [-0.2, 0) is 6.18 Å². The Morgan fingerprint density at radius 2 is 1.78 bits per heavy atom. The summed E-state index contributed by atoms with van der Waals surface area (Å²) in [4.78, 5) is 12.3. The second kappa shape index (κ2) is 6.32. The standard InChI is InChI=1S/C17H16F3NO2/c1-10(2)12-5-3-4-6-14(12)21-16(23)13-9-11(17(18,19)20)7-8-15(13)22/h3-10,22H,1-2H3,(H,21,23).